The average molecular weight is 1360 g/mol. The number of thioether (sulfide) groups is 2. The van der Waals surface area contributed by atoms with Crippen LogP contribution in [0.2, 0.25) is 0 Å². The maximum absolute atomic E-state index is 11.7. The molecule has 6 rings (SSSR count). The van der Waals surface area contributed by atoms with Gasteiger partial charge in [0.05, 0.1) is 30.7 Å². The number of terminal acetylenes is 1. The molecule has 381 valence electrons. The summed E-state index contributed by atoms with van der Waals surface area (Å²) in [5.41, 5.74) is 14.2. The Hall–Kier alpha value is -1.44. The van der Waals surface area contributed by atoms with E-state index in [1.807, 2.05) is 23.5 Å². The molecule has 0 aromatic carbocycles. The summed E-state index contributed by atoms with van der Waals surface area (Å²) < 4.78 is 4.94. The molecule has 0 saturated carbocycles. The number of hydrogen-bond donors (Lipinski definition) is 7. The summed E-state index contributed by atoms with van der Waals surface area (Å²) in [4.78, 5) is 47.1. The second-order valence-corrected chi connectivity index (χ2v) is 24.1. The molecule has 3 radical (unpaired) electrons. The Balaban J connectivity index is -0.000000811. The maximum atomic E-state index is 11.7. The van der Waals surface area contributed by atoms with Gasteiger partial charge in [-0.3, -0.25) is 19.6 Å². The zero-order valence-corrected chi connectivity index (χ0v) is 47.5. The maximum Gasteiger partial charge on any atom is 1.00 e. The quantitative estimate of drug-likeness (QED) is 0.00891. The van der Waals surface area contributed by atoms with Crippen molar-refractivity contribution in [2.75, 3.05) is 68.2 Å². The SMILES string of the molecule is C#CCNC(=O)CCCC[C@@H]1SC[C@@H]2NC(=O)N[C@@H]21.C1CCOC1.CCP(CC)CC.CCP(CC)CC.O=C(CCCC[C@@H]1SC[C@@H]2NC(=O)N[C@@H]21)NCc1[c-]nn[nH]1.[Au+].[Au+].[B].[N-]=[N+]=[N-]. The molecule has 17 nitrogen and oxygen atoms in total. The van der Waals surface area contributed by atoms with Crippen LogP contribution in [0.5, 0.6) is 0 Å². The van der Waals surface area contributed by atoms with Gasteiger partial charge in [-0.1, -0.05) is 60.3 Å². The number of hydrogen-bond acceptors (Lipinski definition) is 9. The number of aromatic nitrogens is 3. The first kappa shape index (κ1) is 68.8. The number of H-pyrrole nitrogens is 1. The monoisotopic (exact) mass is 1360 g/mol. The van der Waals surface area contributed by atoms with Crippen LogP contribution >= 0.6 is 39.4 Å². The first-order valence-corrected chi connectivity index (χ1v) is 28.6. The van der Waals surface area contributed by atoms with Crippen LogP contribution in [0.3, 0.4) is 0 Å². The van der Waals surface area contributed by atoms with Crippen LogP contribution in [0.4, 0.5) is 9.59 Å². The van der Waals surface area contributed by atoms with Crippen molar-refractivity contribution in [3.05, 3.63) is 27.9 Å². The van der Waals surface area contributed by atoms with Crippen molar-refractivity contribution in [2.45, 2.75) is 147 Å². The number of nitrogens with zero attached hydrogens (tertiary/aromatic N) is 5. The summed E-state index contributed by atoms with van der Waals surface area (Å²) in [5, 5.41) is 27.9. The molecule has 1 aromatic heterocycles. The van der Waals surface area contributed by atoms with Crippen molar-refractivity contribution in [3.8, 4) is 12.3 Å². The van der Waals surface area contributed by atoms with E-state index in [4.69, 9.17) is 22.2 Å². The van der Waals surface area contributed by atoms with E-state index in [2.05, 4.69) is 101 Å². The van der Waals surface area contributed by atoms with E-state index in [1.165, 1.54) is 54.7 Å². The van der Waals surface area contributed by atoms with Gasteiger partial charge in [-0.15, -0.1) is 33.2 Å². The molecule has 5 aliphatic rings. The zero-order chi connectivity index (χ0) is 46.7. The molecule has 0 unspecified atom stereocenters. The molecular weight excluding hydrogens is 1280 g/mol. The van der Waals surface area contributed by atoms with Crippen molar-refractivity contribution < 1.29 is 68.7 Å². The van der Waals surface area contributed by atoms with Crippen LogP contribution in [-0.2, 0) is 65.6 Å². The minimum atomic E-state index is -0.0511. The topological polar surface area (TPSA) is 250 Å². The number of carbonyl (C=O) groups is 4. The van der Waals surface area contributed by atoms with Gasteiger partial charge in [0.1, 0.15) is 0 Å². The Morgan fingerprint density at radius 1 is 0.773 bits per heavy atom. The molecule has 0 aliphatic carbocycles. The summed E-state index contributed by atoms with van der Waals surface area (Å²) in [6.07, 6.45) is 25.6. The zero-order valence-electron chi connectivity index (χ0n) is 39.8. The number of fused-ring (bicyclic) bond motifs is 2. The van der Waals surface area contributed by atoms with E-state index in [-0.39, 0.29) is 101 Å². The Morgan fingerprint density at radius 3 is 1.53 bits per heavy atom. The van der Waals surface area contributed by atoms with Crippen LogP contribution in [0.15, 0.2) is 0 Å². The summed E-state index contributed by atoms with van der Waals surface area (Å²) in [6.45, 7) is 16.4. The van der Waals surface area contributed by atoms with Crippen LogP contribution in [0.1, 0.15) is 111 Å². The fourth-order valence-corrected chi connectivity index (χ4v) is 13.0. The molecule has 66 heavy (non-hydrogen) atoms. The molecule has 6 atom stereocenters. The standard InChI is InChI=1S/C13H19N6O2S.C13H19N3O2S.2C6H15P.C4H8O.2Au.B.N3/c20-11(14-5-8-6-15-19-18-8)4-2-1-3-10-12-9(7-22-10)16-13(21)17-12;1-2-7-14-11(17)6-4-3-5-10-12-9(8-19-10)15-13(18)16-12;2*1-4-7(5-2)6-3;1-2-4-5-3-1;;;;1-3-2/h9-10,12H,1-5,7H2,(H,14,20)(H,15,18,19)(H2,16,17,21);1,9-10,12H,3-8H2,(H,14,17)(H2,15,16,18);2*4-6H2,1-3H3;1-4H2;;;;/q-1;;;;;2*+1;;-1/t2*9-,10-,12-;;;;;;;/m00......./s1. The van der Waals surface area contributed by atoms with Crippen LogP contribution in [0.25, 0.3) is 16.0 Å². The van der Waals surface area contributed by atoms with Gasteiger partial charge < -0.3 is 59.0 Å². The van der Waals surface area contributed by atoms with Crippen LogP contribution < -0.4 is 31.9 Å². The third-order valence-corrected chi connectivity index (χ3v) is 19.3. The predicted octanol–water partition coefficient (Wildman–Crippen LogP) is 6.74. The number of rotatable bonds is 19. The fourth-order valence-electron chi connectivity index (χ4n) is 7.19. The Labute approximate surface area is 439 Å². The Morgan fingerprint density at radius 2 is 1.20 bits per heavy atom. The fraction of sp³-hybridized carbons (Fsp3) is 0.810. The Bertz CT molecular complexity index is 1450. The van der Waals surface area contributed by atoms with E-state index in [1.54, 1.807) is 0 Å². The normalized spacial score (nSPS) is 21.0. The number of urea groups is 2. The molecule has 6 amide bonds. The van der Waals surface area contributed by atoms with Crippen molar-refractivity contribution in [2.24, 2.45) is 0 Å². The third kappa shape index (κ3) is 30.9. The number of aromatic amines is 1. The van der Waals surface area contributed by atoms with Crippen molar-refractivity contribution in [3.63, 3.8) is 0 Å². The predicted molar refractivity (Wildman–Crippen MR) is 270 cm³/mol. The molecule has 24 heteroatoms. The minimum Gasteiger partial charge on any atom is -0.381 e. The Kier molecular flexibility index (Phi) is 46.7. The van der Waals surface area contributed by atoms with E-state index in [0.717, 1.165) is 63.2 Å². The molecule has 1 aromatic rings. The van der Waals surface area contributed by atoms with E-state index < -0.39 is 0 Å². The third-order valence-electron chi connectivity index (χ3n) is 10.9. The first-order chi connectivity index (χ1) is 30.5. The molecule has 0 bridgehead atoms. The van der Waals surface area contributed by atoms with Crippen molar-refractivity contribution >= 4 is 71.7 Å². The van der Waals surface area contributed by atoms with E-state index >= 15 is 0 Å². The summed E-state index contributed by atoms with van der Waals surface area (Å²) >= 11 is 3.81. The molecule has 6 heterocycles. The average Bonchev–Trinajstić information content (AvgIpc) is 4.16. The van der Waals surface area contributed by atoms with E-state index in [0.29, 0.717) is 58.0 Å². The molecule has 0 spiro atoms. The molecule has 5 saturated heterocycles. The first-order valence-electron chi connectivity index (χ1n) is 22.7. The largest absolute Gasteiger partial charge is 1.00 e. The van der Waals surface area contributed by atoms with E-state index in [9.17, 15) is 19.2 Å². The van der Waals surface area contributed by atoms with Gasteiger partial charge in [-0.2, -0.15) is 23.5 Å². The molecule has 5 aliphatic heterocycles. The van der Waals surface area contributed by atoms with Crippen molar-refractivity contribution in [1.29, 1.82) is 0 Å². The number of ether oxygens (including phenoxy) is 1. The van der Waals surface area contributed by atoms with Gasteiger partial charge in [0.25, 0.3) is 0 Å². The van der Waals surface area contributed by atoms with Gasteiger partial charge in [0, 0.05) is 63.0 Å². The molecule has 5 fully saturated rings. The molecular formula is C42H76Au2BN12O5P2S2. The second-order valence-electron chi connectivity index (χ2n) is 15.0. The minimum absolute atomic E-state index is 0. The number of unbranched alkanes of at least 4 members (excludes halogenated alkanes) is 2. The smallest absolute Gasteiger partial charge is 0.381 e. The number of carbonyl (C=O) groups excluding carboxylic acids is 4. The number of amides is 6. The van der Waals surface area contributed by atoms with Gasteiger partial charge >= 0.3 is 56.8 Å². The van der Waals surface area contributed by atoms with Gasteiger partial charge in [-0.05, 0) is 75.5 Å². The second kappa shape index (κ2) is 44.7. The van der Waals surface area contributed by atoms with Gasteiger partial charge in [-0.25, -0.2) is 9.59 Å². The molecule has 7 N–H and O–H groups in total. The van der Waals surface area contributed by atoms with Crippen LogP contribution in [0, 0.1) is 18.5 Å². The number of nitrogens with one attached hydrogen (secondary N) is 7. The van der Waals surface area contributed by atoms with Crippen LogP contribution in [-0.4, -0.2) is 151 Å². The van der Waals surface area contributed by atoms with Gasteiger partial charge in [0.2, 0.25) is 11.8 Å². The van der Waals surface area contributed by atoms with Crippen molar-refractivity contribution in [1.82, 2.24) is 47.3 Å². The van der Waals surface area contributed by atoms with Gasteiger partial charge in [0.15, 0.2) is 0 Å². The summed E-state index contributed by atoms with van der Waals surface area (Å²) in [7, 11) is 0.892. The summed E-state index contributed by atoms with van der Waals surface area (Å²) in [5.74, 6) is 4.38. The summed E-state index contributed by atoms with van der Waals surface area (Å²) in [6, 6.07) is 0.952.